The predicted molar refractivity (Wildman–Crippen MR) is 115 cm³/mol. The van der Waals surface area contributed by atoms with Gasteiger partial charge in [-0.25, -0.2) is 9.97 Å². The summed E-state index contributed by atoms with van der Waals surface area (Å²) in [6.45, 7) is 5.13. The lowest BCUT2D eigenvalue weighted by atomic mass is 10.1. The molecule has 0 unspecified atom stereocenters. The number of anilines is 3. The van der Waals surface area contributed by atoms with Crippen LogP contribution in [0.15, 0.2) is 60.8 Å². The number of piperazine rings is 1. The monoisotopic (exact) mass is 386 g/mol. The number of nitrogens with one attached hydrogen (secondary N) is 1. The Hall–Kier alpha value is -3.41. The van der Waals surface area contributed by atoms with Gasteiger partial charge in [-0.15, -0.1) is 0 Å². The van der Waals surface area contributed by atoms with Gasteiger partial charge in [-0.2, -0.15) is 0 Å². The van der Waals surface area contributed by atoms with Gasteiger partial charge in [-0.3, -0.25) is 4.79 Å². The van der Waals surface area contributed by atoms with Crippen molar-refractivity contribution in [1.29, 1.82) is 0 Å². The van der Waals surface area contributed by atoms with Crippen molar-refractivity contribution in [3.05, 3.63) is 66.9 Å². The number of carbonyl (C=O) groups excluding carboxylic acids is 1. The van der Waals surface area contributed by atoms with Crippen molar-refractivity contribution in [3.63, 3.8) is 0 Å². The molecule has 6 heteroatoms. The van der Waals surface area contributed by atoms with Crippen LogP contribution in [-0.4, -0.2) is 47.0 Å². The molecule has 1 aromatic heterocycles. The molecule has 1 saturated heterocycles. The molecule has 0 aliphatic carbocycles. The molecule has 2 aromatic carbocycles. The molecule has 0 spiro atoms. The zero-order valence-corrected chi connectivity index (χ0v) is 16.5. The highest BCUT2D eigenvalue weighted by Gasteiger charge is 2.20. The normalized spacial score (nSPS) is 14.0. The lowest BCUT2D eigenvalue weighted by molar-refractivity contribution is -0.131. The minimum absolute atomic E-state index is 0.230. The molecule has 0 bridgehead atoms. The average molecular weight is 386 g/mol. The van der Waals surface area contributed by atoms with E-state index in [1.54, 1.807) is 6.20 Å². The summed E-state index contributed by atoms with van der Waals surface area (Å²) in [4.78, 5) is 25.1. The molecule has 1 fully saturated rings. The van der Waals surface area contributed by atoms with Crippen molar-refractivity contribution in [1.82, 2.24) is 14.9 Å². The Morgan fingerprint density at radius 2 is 1.90 bits per heavy atom. The third-order valence-electron chi connectivity index (χ3n) is 5.07. The fourth-order valence-electron chi connectivity index (χ4n) is 3.48. The molecule has 1 amide bonds. The summed E-state index contributed by atoms with van der Waals surface area (Å²) in [7, 11) is 0. The van der Waals surface area contributed by atoms with Crippen molar-refractivity contribution in [2.24, 2.45) is 0 Å². The number of amides is 1. The Labute approximate surface area is 171 Å². The van der Waals surface area contributed by atoms with Crippen molar-refractivity contribution in [2.75, 3.05) is 36.4 Å². The molecule has 6 nitrogen and oxygen atoms in total. The van der Waals surface area contributed by atoms with Crippen LogP contribution in [0.5, 0.6) is 0 Å². The molecule has 29 heavy (non-hydrogen) atoms. The Morgan fingerprint density at radius 3 is 2.66 bits per heavy atom. The summed E-state index contributed by atoms with van der Waals surface area (Å²) >= 11 is 0. The third-order valence-corrected chi connectivity index (χ3v) is 5.07. The molecular weight excluding hydrogens is 362 g/mol. The van der Waals surface area contributed by atoms with E-state index in [-0.39, 0.29) is 5.91 Å². The summed E-state index contributed by atoms with van der Waals surface area (Å²) < 4.78 is 0. The molecule has 2 heterocycles. The topological polar surface area (TPSA) is 61.4 Å². The fourth-order valence-corrected chi connectivity index (χ4v) is 3.48. The first-order chi connectivity index (χ1) is 14.2. The Bertz CT molecular complexity index is 968. The van der Waals surface area contributed by atoms with Gasteiger partial charge in [0.15, 0.2) is 0 Å². The molecule has 0 atom stereocenters. The van der Waals surface area contributed by atoms with Crippen LogP contribution >= 0.6 is 0 Å². The maximum atomic E-state index is 11.9. The van der Waals surface area contributed by atoms with Crippen molar-refractivity contribution >= 4 is 23.2 Å². The molecule has 0 saturated carbocycles. The molecular formula is C23H24N5O. The highest BCUT2D eigenvalue weighted by atomic mass is 16.2. The second-order valence-electron chi connectivity index (χ2n) is 6.95. The van der Waals surface area contributed by atoms with E-state index < -0.39 is 0 Å². The summed E-state index contributed by atoms with van der Waals surface area (Å²) in [5.41, 5.74) is 3.97. The van der Waals surface area contributed by atoms with Gasteiger partial charge in [0.25, 0.3) is 0 Å². The number of carbonyl (C=O) groups is 1. The summed E-state index contributed by atoms with van der Waals surface area (Å²) in [5, 5.41) is 3.31. The number of hydrogen-bond donors (Lipinski definition) is 1. The standard InChI is InChI=1S/C23H24N5O/c1-2-22(29)28-15-13-27(14-16-28)20-10-6-9-19(17-20)25-23-24-12-11-21(26-23)18-7-4-3-5-8-18/h4-12,17H,2,13-16H2,1H3,(H,24,25,26). The number of nitrogens with zero attached hydrogens (tertiary/aromatic N) is 4. The first kappa shape index (κ1) is 18.9. The van der Waals surface area contributed by atoms with Crippen molar-refractivity contribution in [2.45, 2.75) is 13.3 Å². The maximum absolute atomic E-state index is 11.9. The molecule has 1 radical (unpaired) electrons. The molecule has 3 aromatic rings. The van der Waals surface area contributed by atoms with E-state index in [4.69, 9.17) is 0 Å². The Kier molecular flexibility index (Phi) is 5.70. The number of rotatable bonds is 5. The highest BCUT2D eigenvalue weighted by molar-refractivity contribution is 5.76. The average Bonchev–Trinajstić information content (AvgIpc) is 2.79. The minimum atomic E-state index is 0.230. The maximum Gasteiger partial charge on any atom is 0.227 e. The quantitative estimate of drug-likeness (QED) is 0.724. The van der Waals surface area contributed by atoms with Crippen molar-refractivity contribution in [3.8, 4) is 11.3 Å². The van der Waals surface area contributed by atoms with Crippen molar-refractivity contribution < 1.29 is 4.79 Å². The summed E-state index contributed by atoms with van der Waals surface area (Å²) in [6, 6.07) is 20.9. The van der Waals surface area contributed by atoms with E-state index in [2.05, 4.69) is 38.4 Å². The van der Waals surface area contributed by atoms with Gasteiger partial charge in [0.05, 0.1) is 5.69 Å². The second-order valence-corrected chi connectivity index (χ2v) is 6.95. The van der Waals surface area contributed by atoms with Crippen LogP contribution in [0.4, 0.5) is 17.3 Å². The van der Waals surface area contributed by atoms with Crippen LogP contribution in [0.1, 0.15) is 13.3 Å². The molecule has 1 aliphatic rings. The minimum Gasteiger partial charge on any atom is -0.368 e. The Morgan fingerprint density at radius 1 is 1.10 bits per heavy atom. The number of aromatic nitrogens is 2. The van der Waals surface area contributed by atoms with Crippen LogP contribution in [0.2, 0.25) is 0 Å². The lowest BCUT2D eigenvalue weighted by Gasteiger charge is -2.36. The van der Waals surface area contributed by atoms with E-state index >= 15 is 0 Å². The van der Waals surface area contributed by atoms with Gasteiger partial charge in [-0.1, -0.05) is 37.3 Å². The second kappa shape index (κ2) is 8.73. The van der Waals surface area contributed by atoms with Gasteiger partial charge < -0.3 is 15.1 Å². The summed E-state index contributed by atoms with van der Waals surface area (Å²) in [5.74, 6) is 0.791. The van der Waals surface area contributed by atoms with Gasteiger partial charge in [-0.05, 0) is 30.3 Å². The lowest BCUT2D eigenvalue weighted by Crippen LogP contribution is -2.48. The molecule has 1 aliphatic heterocycles. The third kappa shape index (κ3) is 4.54. The van der Waals surface area contributed by atoms with Crippen LogP contribution < -0.4 is 10.2 Å². The zero-order chi connectivity index (χ0) is 20.1. The number of hydrogen-bond acceptors (Lipinski definition) is 5. The van der Waals surface area contributed by atoms with E-state index in [1.165, 1.54) is 0 Å². The SMILES string of the molecule is CCC(=O)N1CCN(c2cccc(Nc3nccc(-c4cc[c]cc4)n3)c2)CC1. The van der Waals surface area contributed by atoms with E-state index in [9.17, 15) is 4.79 Å². The van der Waals surface area contributed by atoms with E-state index in [1.807, 2.05) is 54.3 Å². The van der Waals surface area contributed by atoms with Crippen LogP contribution in [0.3, 0.4) is 0 Å². The predicted octanol–water partition coefficient (Wildman–Crippen LogP) is 3.75. The largest absolute Gasteiger partial charge is 0.368 e. The molecule has 4 rings (SSSR count). The van der Waals surface area contributed by atoms with Gasteiger partial charge >= 0.3 is 0 Å². The van der Waals surface area contributed by atoms with Gasteiger partial charge in [0, 0.05) is 55.7 Å². The number of benzene rings is 2. The van der Waals surface area contributed by atoms with Crippen LogP contribution in [0, 0.1) is 6.07 Å². The zero-order valence-electron chi connectivity index (χ0n) is 16.5. The van der Waals surface area contributed by atoms with Gasteiger partial charge in [0.1, 0.15) is 0 Å². The first-order valence-corrected chi connectivity index (χ1v) is 9.92. The smallest absolute Gasteiger partial charge is 0.227 e. The van der Waals surface area contributed by atoms with E-state index in [0.717, 1.165) is 48.8 Å². The molecule has 147 valence electrons. The highest BCUT2D eigenvalue weighted by Crippen LogP contribution is 2.24. The molecule has 1 N–H and O–H groups in total. The Balaban J connectivity index is 1.46. The van der Waals surface area contributed by atoms with Crippen LogP contribution in [-0.2, 0) is 4.79 Å². The summed E-state index contributed by atoms with van der Waals surface area (Å²) in [6.07, 6.45) is 2.33. The van der Waals surface area contributed by atoms with Gasteiger partial charge in [0.2, 0.25) is 11.9 Å². The van der Waals surface area contributed by atoms with Crippen LogP contribution in [0.25, 0.3) is 11.3 Å². The fraction of sp³-hybridized carbons (Fsp3) is 0.261. The first-order valence-electron chi connectivity index (χ1n) is 9.92. The van der Waals surface area contributed by atoms with E-state index in [0.29, 0.717) is 12.4 Å².